The van der Waals surface area contributed by atoms with Crippen molar-refractivity contribution in [3.8, 4) is 6.07 Å². The van der Waals surface area contributed by atoms with E-state index in [4.69, 9.17) is 16.6 Å². The third-order valence-corrected chi connectivity index (χ3v) is 6.71. The van der Waals surface area contributed by atoms with Crippen LogP contribution in [0.4, 0.5) is 24.8 Å². The number of carboxylic acid groups (broad SMARTS) is 1. The molecule has 0 spiro atoms. The molecule has 13 heteroatoms. The van der Waals surface area contributed by atoms with Gasteiger partial charge in [-0.05, 0) is 44.0 Å². The van der Waals surface area contributed by atoms with Gasteiger partial charge in [0.15, 0.2) is 11.4 Å². The fourth-order valence-electron chi connectivity index (χ4n) is 4.74. The van der Waals surface area contributed by atoms with Crippen molar-refractivity contribution in [1.82, 2.24) is 19.4 Å². The molecule has 5 rings (SSSR count). The van der Waals surface area contributed by atoms with Gasteiger partial charge in [0.2, 0.25) is 5.95 Å². The van der Waals surface area contributed by atoms with Gasteiger partial charge >= 0.3 is 12.1 Å². The lowest BCUT2D eigenvalue weighted by Crippen LogP contribution is -2.23. The number of imidazole rings is 1. The Kier molecular flexibility index (Phi) is 6.27. The lowest BCUT2D eigenvalue weighted by molar-refractivity contribution is -0.140. The summed E-state index contributed by atoms with van der Waals surface area (Å²) in [5.74, 6) is -1.28. The Bertz CT molecular complexity index is 1630. The van der Waals surface area contributed by atoms with E-state index in [1.54, 1.807) is 24.8 Å². The van der Waals surface area contributed by atoms with Crippen molar-refractivity contribution in [2.24, 2.45) is 5.92 Å². The molecule has 0 bridgehead atoms. The van der Waals surface area contributed by atoms with Crippen molar-refractivity contribution < 1.29 is 23.1 Å². The highest BCUT2D eigenvalue weighted by atomic mass is 35.5. The highest BCUT2D eigenvalue weighted by Gasteiger charge is 2.36. The number of rotatable bonds is 5. The summed E-state index contributed by atoms with van der Waals surface area (Å²) in [7, 11) is 0. The number of nitrogens with zero attached hydrogens (tertiary/aromatic N) is 6. The largest absolute Gasteiger partial charge is 0.476 e. The molecule has 1 aliphatic heterocycles. The van der Waals surface area contributed by atoms with E-state index in [9.17, 15) is 28.3 Å². The average molecular weight is 544 g/mol. The topological polar surface area (TPSA) is 119 Å². The number of hydrogen-bond acceptors (Lipinski definition) is 7. The van der Waals surface area contributed by atoms with Crippen molar-refractivity contribution in [3.05, 3.63) is 58.1 Å². The summed E-state index contributed by atoms with van der Waals surface area (Å²) >= 11 is 5.88. The molecule has 1 saturated heterocycles. The Balaban J connectivity index is 1.71. The van der Waals surface area contributed by atoms with Crippen LogP contribution in [-0.4, -0.2) is 43.5 Å². The number of halogens is 4. The van der Waals surface area contributed by atoms with Gasteiger partial charge in [-0.1, -0.05) is 17.7 Å². The standard InChI is InChI=1S/C25H21ClF3N7O2/c1-12-7-15(13(2)31-17-3-4-19(26)33-21(17)23(37)38)20-16(8-12)22-32-18(25(27,28)29)11-36(22)24(34-20)35-6-5-14(9-30)10-35/h3-4,7-8,11,13-14,31H,5-6,10H2,1-2H3,(H,37,38)/t13-,14?/m1/s1. The fourth-order valence-corrected chi connectivity index (χ4v) is 4.89. The molecular formula is C25H21ClF3N7O2. The first-order valence-electron chi connectivity index (χ1n) is 11.7. The van der Waals surface area contributed by atoms with E-state index < -0.39 is 23.9 Å². The number of carbonyl (C=O) groups is 1. The van der Waals surface area contributed by atoms with Crippen LogP contribution in [0, 0.1) is 24.2 Å². The number of fused-ring (bicyclic) bond motifs is 3. The summed E-state index contributed by atoms with van der Waals surface area (Å²) in [6.07, 6.45) is -3.16. The quantitative estimate of drug-likeness (QED) is 0.318. The number of nitrogens with one attached hydrogen (secondary N) is 1. The number of aromatic carboxylic acids is 1. The first kappa shape index (κ1) is 25.5. The van der Waals surface area contributed by atoms with Gasteiger partial charge in [0.05, 0.1) is 29.2 Å². The number of aryl methyl sites for hydroxylation is 1. The molecule has 0 aliphatic carbocycles. The van der Waals surface area contributed by atoms with Crippen LogP contribution in [0.15, 0.2) is 30.5 Å². The van der Waals surface area contributed by atoms with Crippen LogP contribution in [-0.2, 0) is 6.18 Å². The summed E-state index contributed by atoms with van der Waals surface area (Å²) in [4.78, 5) is 26.1. The number of anilines is 2. The summed E-state index contributed by atoms with van der Waals surface area (Å²) in [6.45, 7) is 4.38. The number of aromatic nitrogens is 4. The van der Waals surface area contributed by atoms with Crippen LogP contribution < -0.4 is 10.2 Å². The second-order valence-electron chi connectivity index (χ2n) is 9.24. The summed E-state index contributed by atoms with van der Waals surface area (Å²) < 4.78 is 42.4. The predicted octanol–water partition coefficient (Wildman–Crippen LogP) is 5.48. The molecule has 1 fully saturated rings. The zero-order valence-corrected chi connectivity index (χ0v) is 21.0. The molecule has 4 aromatic rings. The van der Waals surface area contributed by atoms with Crippen LogP contribution in [0.2, 0.25) is 5.15 Å². The van der Waals surface area contributed by atoms with E-state index in [1.165, 1.54) is 16.5 Å². The smallest absolute Gasteiger partial charge is 0.434 e. The van der Waals surface area contributed by atoms with Crippen LogP contribution in [0.25, 0.3) is 16.6 Å². The molecule has 2 atom stereocenters. The lowest BCUT2D eigenvalue weighted by Gasteiger charge is -2.22. The molecule has 9 nitrogen and oxygen atoms in total. The van der Waals surface area contributed by atoms with Gasteiger partial charge in [-0.3, -0.25) is 4.40 Å². The van der Waals surface area contributed by atoms with Crippen LogP contribution in [0.3, 0.4) is 0 Å². The van der Waals surface area contributed by atoms with E-state index in [0.29, 0.717) is 36.0 Å². The molecule has 1 unspecified atom stereocenters. The minimum Gasteiger partial charge on any atom is -0.476 e. The highest BCUT2D eigenvalue weighted by Crippen LogP contribution is 2.36. The summed E-state index contributed by atoms with van der Waals surface area (Å²) in [5, 5.41) is 22.5. The van der Waals surface area contributed by atoms with Gasteiger partial charge in [0, 0.05) is 30.2 Å². The third kappa shape index (κ3) is 4.54. The molecule has 38 heavy (non-hydrogen) atoms. The van der Waals surface area contributed by atoms with E-state index in [2.05, 4.69) is 21.4 Å². The van der Waals surface area contributed by atoms with Crippen molar-refractivity contribution in [2.75, 3.05) is 23.3 Å². The van der Waals surface area contributed by atoms with Crippen molar-refractivity contribution in [1.29, 1.82) is 5.26 Å². The Labute approximate surface area is 219 Å². The number of carboxylic acids is 1. The number of pyridine rings is 1. The maximum absolute atomic E-state index is 13.7. The van der Waals surface area contributed by atoms with Crippen LogP contribution in [0.1, 0.15) is 46.7 Å². The molecule has 4 heterocycles. The van der Waals surface area contributed by atoms with Gasteiger partial charge < -0.3 is 15.3 Å². The Morgan fingerprint density at radius 3 is 2.71 bits per heavy atom. The first-order valence-corrected chi connectivity index (χ1v) is 12.1. The van der Waals surface area contributed by atoms with Crippen molar-refractivity contribution in [2.45, 2.75) is 32.5 Å². The molecule has 1 aromatic carbocycles. The zero-order chi connectivity index (χ0) is 27.4. The number of hydrogen-bond donors (Lipinski definition) is 2. The molecule has 0 amide bonds. The maximum Gasteiger partial charge on any atom is 0.434 e. The SMILES string of the molecule is Cc1cc([C@@H](C)Nc2ccc(Cl)nc2C(=O)O)c2nc(N3CCC(C#N)C3)n3cc(C(F)(F)F)nc3c2c1. The highest BCUT2D eigenvalue weighted by molar-refractivity contribution is 6.29. The van der Waals surface area contributed by atoms with Gasteiger partial charge in [0.1, 0.15) is 10.8 Å². The molecule has 1 aliphatic rings. The normalized spacial score (nSPS) is 16.7. The molecule has 0 radical (unpaired) electrons. The number of alkyl halides is 3. The zero-order valence-electron chi connectivity index (χ0n) is 20.2. The van der Waals surface area contributed by atoms with Gasteiger partial charge in [-0.15, -0.1) is 0 Å². The molecule has 3 aromatic heterocycles. The van der Waals surface area contributed by atoms with Crippen LogP contribution >= 0.6 is 11.6 Å². The van der Waals surface area contributed by atoms with Crippen molar-refractivity contribution >= 4 is 45.8 Å². The average Bonchev–Trinajstić information content (AvgIpc) is 3.52. The monoisotopic (exact) mass is 543 g/mol. The lowest BCUT2D eigenvalue weighted by atomic mass is 10.0. The summed E-state index contributed by atoms with van der Waals surface area (Å²) in [6, 6.07) is 8.21. The van der Waals surface area contributed by atoms with Gasteiger partial charge in [-0.2, -0.15) is 18.4 Å². The number of benzene rings is 1. The van der Waals surface area contributed by atoms with Gasteiger partial charge in [0.25, 0.3) is 0 Å². The van der Waals surface area contributed by atoms with Crippen LogP contribution in [0.5, 0.6) is 0 Å². The van der Waals surface area contributed by atoms with E-state index in [1.807, 2.05) is 6.07 Å². The van der Waals surface area contributed by atoms with Gasteiger partial charge in [-0.25, -0.2) is 19.7 Å². The molecule has 2 N–H and O–H groups in total. The minimum absolute atomic E-state index is 0.0244. The van der Waals surface area contributed by atoms with E-state index >= 15 is 0 Å². The first-order chi connectivity index (χ1) is 18.0. The second-order valence-corrected chi connectivity index (χ2v) is 9.63. The summed E-state index contributed by atoms with van der Waals surface area (Å²) in [5.41, 5.74) is 0.805. The Hall–Kier alpha value is -4.11. The maximum atomic E-state index is 13.7. The third-order valence-electron chi connectivity index (χ3n) is 6.50. The van der Waals surface area contributed by atoms with E-state index in [0.717, 1.165) is 11.8 Å². The minimum atomic E-state index is -4.66. The van der Waals surface area contributed by atoms with E-state index in [-0.39, 0.29) is 34.0 Å². The molecule has 0 saturated carbocycles. The molecule has 196 valence electrons. The number of nitriles is 1. The Morgan fingerprint density at radius 1 is 1.29 bits per heavy atom. The second kappa shape index (κ2) is 9.33. The van der Waals surface area contributed by atoms with Crippen molar-refractivity contribution in [3.63, 3.8) is 0 Å². The Morgan fingerprint density at radius 2 is 2.05 bits per heavy atom. The predicted molar refractivity (Wildman–Crippen MR) is 134 cm³/mol. The fraction of sp³-hybridized carbons (Fsp3) is 0.320. The molecular weight excluding hydrogens is 523 g/mol.